The van der Waals surface area contributed by atoms with E-state index < -0.39 is 0 Å². The summed E-state index contributed by atoms with van der Waals surface area (Å²) < 4.78 is 1.39. The Hall–Kier alpha value is -0.301. The monoisotopic (exact) mass is 258 g/mol. The van der Waals surface area contributed by atoms with E-state index in [-0.39, 0.29) is 6.10 Å². The summed E-state index contributed by atoms with van der Waals surface area (Å²) in [5.74, 6) is 0. The molecule has 0 aliphatic rings. The molecule has 0 aromatic heterocycles. The summed E-state index contributed by atoms with van der Waals surface area (Å²) in [6, 6.07) is 10.5. The number of aliphatic hydroxyl groups is 1. The summed E-state index contributed by atoms with van der Waals surface area (Å²) in [5.41, 5.74) is 0. The van der Waals surface area contributed by atoms with Gasteiger partial charge in [-0.25, -0.2) is 0 Å². The van der Waals surface area contributed by atoms with Gasteiger partial charge in [0.15, 0.2) is 0 Å². The Labute approximate surface area is 92.7 Å². The molecule has 1 N–H and O–H groups in total. The van der Waals surface area contributed by atoms with Gasteiger partial charge in [0.2, 0.25) is 0 Å². The SMILES string of the molecule is CC[C@H](O)[C@@H](CC)[Se]c1ccccc1. The van der Waals surface area contributed by atoms with Crippen molar-refractivity contribution in [2.24, 2.45) is 0 Å². The Bertz CT molecular complexity index is 248. The van der Waals surface area contributed by atoms with Gasteiger partial charge in [0.25, 0.3) is 0 Å². The molecule has 1 aromatic rings. The van der Waals surface area contributed by atoms with E-state index in [1.807, 2.05) is 6.07 Å². The molecule has 0 saturated carbocycles. The van der Waals surface area contributed by atoms with E-state index in [9.17, 15) is 5.11 Å². The minimum atomic E-state index is -0.125. The van der Waals surface area contributed by atoms with Crippen LogP contribution in [0.3, 0.4) is 0 Å². The van der Waals surface area contributed by atoms with Gasteiger partial charge in [0, 0.05) is 0 Å². The number of hydrogen-bond acceptors (Lipinski definition) is 1. The quantitative estimate of drug-likeness (QED) is 0.800. The maximum absolute atomic E-state index is 9.79. The van der Waals surface area contributed by atoms with E-state index in [4.69, 9.17) is 0 Å². The van der Waals surface area contributed by atoms with Crippen LogP contribution in [0.5, 0.6) is 0 Å². The summed E-state index contributed by atoms with van der Waals surface area (Å²) in [5, 5.41) is 9.79. The van der Waals surface area contributed by atoms with Crippen molar-refractivity contribution in [1.29, 1.82) is 0 Å². The fraction of sp³-hybridized carbons (Fsp3) is 0.500. The first-order chi connectivity index (χ1) is 6.77. The van der Waals surface area contributed by atoms with Crippen molar-refractivity contribution in [3.8, 4) is 0 Å². The predicted octanol–water partition coefficient (Wildman–Crippen LogP) is 1.99. The molecule has 0 fully saturated rings. The topological polar surface area (TPSA) is 20.2 Å². The predicted molar refractivity (Wildman–Crippen MR) is 62.2 cm³/mol. The second-order valence-corrected chi connectivity index (χ2v) is 6.11. The van der Waals surface area contributed by atoms with Crippen LogP contribution in [0.2, 0.25) is 4.82 Å². The van der Waals surface area contributed by atoms with Crippen molar-refractivity contribution in [2.45, 2.75) is 37.6 Å². The molecule has 0 spiro atoms. The molecule has 0 radical (unpaired) electrons. The van der Waals surface area contributed by atoms with Crippen LogP contribution in [0.1, 0.15) is 26.7 Å². The molecule has 14 heavy (non-hydrogen) atoms. The van der Waals surface area contributed by atoms with Gasteiger partial charge in [-0.3, -0.25) is 0 Å². The zero-order valence-electron chi connectivity index (χ0n) is 8.81. The van der Waals surface area contributed by atoms with Crippen LogP contribution in [0.15, 0.2) is 30.3 Å². The van der Waals surface area contributed by atoms with Crippen LogP contribution < -0.4 is 4.46 Å². The first kappa shape index (κ1) is 11.8. The van der Waals surface area contributed by atoms with Crippen LogP contribution in [-0.4, -0.2) is 26.2 Å². The van der Waals surface area contributed by atoms with Gasteiger partial charge in [-0.1, -0.05) is 0 Å². The van der Waals surface area contributed by atoms with E-state index in [2.05, 4.69) is 38.1 Å². The van der Waals surface area contributed by atoms with Crippen LogP contribution >= 0.6 is 0 Å². The summed E-state index contributed by atoms with van der Waals surface area (Å²) in [7, 11) is 0. The molecule has 0 bridgehead atoms. The normalized spacial score (nSPS) is 15.1. The molecule has 0 amide bonds. The molecule has 1 aromatic carbocycles. The van der Waals surface area contributed by atoms with E-state index in [1.165, 1.54) is 4.46 Å². The molecule has 0 aliphatic carbocycles. The van der Waals surface area contributed by atoms with Crippen molar-refractivity contribution in [3.05, 3.63) is 30.3 Å². The molecule has 78 valence electrons. The van der Waals surface area contributed by atoms with Crippen LogP contribution in [0, 0.1) is 0 Å². The van der Waals surface area contributed by atoms with Gasteiger partial charge >= 0.3 is 92.5 Å². The fourth-order valence-electron chi connectivity index (χ4n) is 1.37. The third kappa shape index (κ3) is 3.45. The van der Waals surface area contributed by atoms with Crippen molar-refractivity contribution in [3.63, 3.8) is 0 Å². The second-order valence-electron chi connectivity index (χ2n) is 3.35. The molecular weight excluding hydrogens is 239 g/mol. The van der Waals surface area contributed by atoms with Gasteiger partial charge < -0.3 is 0 Å². The first-order valence-electron chi connectivity index (χ1n) is 5.17. The van der Waals surface area contributed by atoms with E-state index in [0.717, 1.165) is 12.8 Å². The molecule has 1 nitrogen and oxygen atoms in total. The molecule has 0 aliphatic heterocycles. The van der Waals surface area contributed by atoms with Crippen molar-refractivity contribution in [2.75, 3.05) is 0 Å². The van der Waals surface area contributed by atoms with Crippen LogP contribution in [-0.2, 0) is 0 Å². The Morgan fingerprint density at radius 2 is 1.79 bits per heavy atom. The standard InChI is InChI=1S/C12H18OSe/c1-3-11(13)12(4-2)14-10-8-6-5-7-9-10/h5-9,11-13H,3-4H2,1-2H3/t11-,12+/m0/s1. The Kier molecular flexibility index (Phi) is 5.24. The fourth-order valence-corrected chi connectivity index (χ4v) is 3.85. The number of aliphatic hydroxyl groups excluding tert-OH is 1. The van der Waals surface area contributed by atoms with E-state index >= 15 is 0 Å². The summed E-state index contributed by atoms with van der Waals surface area (Å²) in [6.45, 7) is 4.21. The average molecular weight is 257 g/mol. The van der Waals surface area contributed by atoms with Gasteiger partial charge in [-0.05, 0) is 0 Å². The van der Waals surface area contributed by atoms with E-state index in [0.29, 0.717) is 19.8 Å². The molecule has 0 unspecified atom stereocenters. The van der Waals surface area contributed by atoms with Gasteiger partial charge in [0.05, 0.1) is 0 Å². The molecule has 2 heteroatoms. The van der Waals surface area contributed by atoms with Crippen LogP contribution in [0.25, 0.3) is 0 Å². The Morgan fingerprint density at radius 1 is 1.14 bits per heavy atom. The summed E-state index contributed by atoms with van der Waals surface area (Å²) >= 11 is 0.408. The Balaban J connectivity index is 2.57. The van der Waals surface area contributed by atoms with Gasteiger partial charge in [-0.15, -0.1) is 0 Å². The molecule has 0 heterocycles. The summed E-state index contributed by atoms with van der Waals surface area (Å²) in [4.78, 5) is 0.468. The summed E-state index contributed by atoms with van der Waals surface area (Å²) in [6.07, 6.45) is 1.82. The molecular formula is C12H18OSe. The third-order valence-electron chi connectivity index (χ3n) is 2.28. The molecule has 0 saturated heterocycles. The second kappa shape index (κ2) is 6.23. The minimum absolute atomic E-state index is 0.125. The molecule has 1 rings (SSSR count). The zero-order chi connectivity index (χ0) is 10.4. The maximum atomic E-state index is 9.79. The Morgan fingerprint density at radius 3 is 2.29 bits per heavy atom. The zero-order valence-corrected chi connectivity index (χ0v) is 10.5. The van der Waals surface area contributed by atoms with Crippen molar-refractivity contribution < 1.29 is 5.11 Å². The van der Waals surface area contributed by atoms with Crippen molar-refractivity contribution >= 4 is 19.4 Å². The number of rotatable bonds is 5. The number of benzene rings is 1. The van der Waals surface area contributed by atoms with Gasteiger partial charge in [0.1, 0.15) is 0 Å². The van der Waals surface area contributed by atoms with E-state index in [1.54, 1.807) is 0 Å². The number of hydrogen-bond donors (Lipinski definition) is 1. The van der Waals surface area contributed by atoms with Crippen LogP contribution in [0.4, 0.5) is 0 Å². The molecule has 2 atom stereocenters. The van der Waals surface area contributed by atoms with Gasteiger partial charge in [-0.2, -0.15) is 0 Å². The third-order valence-corrected chi connectivity index (χ3v) is 5.42. The first-order valence-corrected chi connectivity index (χ1v) is 7.02. The van der Waals surface area contributed by atoms with Crippen molar-refractivity contribution in [1.82, 2.24) is 0 Å². The average Bonchev–Trinajstić information content (AvgIpc) is 2.26.